The maximum Gasteiger partial charge on any atom is 0.270 e. The minimum atomic E-state index is -0.232. The fourth-order valence-corrected chi connectivity index (χ4v) is 3.61. The van der Waals surface area contributed by atoms with Gasteiger partial charge in [0, 0.05) is 48.6 Å². The summed E-state index contributed by atoms with van der Waals surface area (Å²) in [4.78, 5) is 18.5. The number of nitrogens with one attached hydrogen (secondary N) is 4. The Hall–Kier alpha value is -3.30. The van der Waals surface area contributed by atoms with Crippen LogP contribution in [0.3, 0.4) is 0 Å². The molecule has 32 heavy (non-hydrogen) atoms. The Morgan fingerprint density at radius 3 is 2.69 bits per heavy atom. The van der Waals surface area contributed by atoms with Gasteiger partial charge in [-0.3, -0.25) is 9.78 Å². The predicted molar refractivity (Wildman–Crippen MR) is 131 cm³/mol. The summed E-state index contributed by atoms with van der Waals surface area (Å²) in [5.74, 6) is 0.987. The molecule has 0 saturated heterocycles. The van der Waals surface area contributed by atoms with Crippen LogP contribution < -0.4 is 30.9 Å². The number of halogens is 1. The Kier molecular flexibility index (Phi) is 6.77. The smallest absolute Gasteiger partial charge is 0.270 e. The number of carbonyl (C=O) groups is 1. The molecule has 1 amide bonds. The molecule has 0 aliphatic carbocycles. The van der Waals surface area contributed by atoms with Crippen molar-refractivity contribution in [3.05, 3.63) is 71.0 Å². The molecule has 0 fully saturated rings. The van der Waals surface area contributed by atoms with Crippen LogP contribution in [0.25, 0.3) is 0 Å². The van der Waals surface area contributed by atoms with Gasteiger partial charge < -0.3 is 30.9 Å². The first kappa shape index (κ1) is 21.9. The van der Waals surface area contributed by atoms with Gasteiger partial charge in [-0.1, -0.05) is 15.9 Å². The van der Waals surface area contributed by atoms with E-state index in [1.54, 1.807) is 18.3 Å². The van der Waals surface area contributed by atoms with Crippen molar-refractivity contribution in [3.8, 4) is 11.5 Å². The van der Waals surface area contributed by atoms with Gasteiger partial charge in [0.15, 0.2) is 6.29 Å². The molecule has 2 heterocycles. The topological polar surface area (TPSA) is 90.5 Å². The highest BCUT2D eigenvalue weighted by Gasteiger charge is 2.26. The van der Waals surface area contributed by atoms with Gasteiger partial charge in [0.2, 0.25) is 0 Å². The normalized spacial score (nSPS) is 14.5. The number of anilines is 3. The van der Waals surface area contributed by atoms with Gasteiger partial charge in [0.1, 0.15) is 17.2 Å². The van der Waals surface area contributed by atoms with Crippen LogP contribution in [0, 0.1) is 0 Å². The summed E-state index contributed by atoms with van der Waals surface area (Å²) in [6, 6.07) is 17.3. The summed E-state index contributed by atoms with van der Waals surface area (Å²) in [7, 11) is 3.86. The van der Waals surface area contributed by atoms with E-state index in [1.165, 1.54) is 0 Å². The summed E-state index contributed by atoms with van der Waals surface area (Å²) >= 11 is 3.46. The van der Waals surface area contributed by atoms with Gasteiger partial charge >= 0.3 is 0 Å². The maximum absolute atomic E-state index is 12.2. The van der Waals surface area contributed by atoms with Gasteiger partial charge in [0.25, 0.3) is 5.91 Å². The Balaban J connectivity index is 1.43. The lowest BCUT2D eigenvalue weighted by molar-refractivity contribution is 0.0949. The second-order valence-corrected chi connectivity index (χ2v) is 8.24. The molecule has 4 N–H and O–H groups in total. The minimum Gasteiger partial charge on any atom is -0.457 e. The molecule has 1 aliphatic rings. The Labute approximate surface area is 195 Å². The van der Waals surface area contributed by atoms with E-state index in [4.69, 9.17) is 4.74 Å². The standard InChI is InChI=1S/C23H25BrN6O2/c1-25-11-12-27-22(31)20-14-18(9-10-26-20)32-17-7-8-21-19(13-17)29-23(30(21)2)28-16-5-3-15(24)4-6-16/h3-10,13-14,23,25,28-29H,11-12H2,1-2H3,(H,27,31). The molecule has 1 aromatic heterocycles. The van der Waals surface area contributed by atoms with E-state index in [2.05, 4.69) is 47.1 Å². The summed E-state index contributed by atoms with van der Waals surface area (Å²) in [5.41, 5.74) is 3.35. The zero-order chi connectivity index (χ0) is 22.5. The highest BCUT2D eigenvalue weighted by Crippen LogP contribution is 2.37. The molecule has 2 aromatic carbocycles. The van der Waals surface area contributed by atoms with E-state index in [9.17, 15) is 4.79 Å². The number of rotatable bonds is 8. The van der Waals surface area contributed by atoms with E-state index in [0.717, 1.165) is 21.5 Å². The Morgan fingerprint density at radius 1 is 1.12 bits per heavy atom. The van der Waals surface area contributed by atoms with E-state index >= 15 is 0 Å². The second kappa shape index (κ2) is 9.88. The molecular weight excluding hydrogens is 472 g/mol. The first-order chi connectivity index (χ1) is 15.5. The first-order valence-electron chi connectivity index (χ1n) is 10.3. The van der Waals surface area contributed by atoms with Crippen molar-refractivity contribution in [3.63, 3.8) is 0 Å². The van der Waals surface area contributed by atoms with Crippen molar-refractivity contribution in [2.45, 2.75) is 6.29 Å². The lowest BCUT2D eigenvalue weighted by Gasteiger charge is -2.24. The van der Waals surface area contributed by atoms with Crippen LogP contribution in [0.5, 0.6) is 11.5 Å². The van der Waals surface area contributed by atoms with Gasteiger partial charge in [0.05, 0.1) is 11.4 Å². The van der Waals surface area contributed by atoms with Crippen molar-refractivity contribution in [1.29, 1.82) is 0 Å². The molecule has 8 nitrogen and oxygen atoms in total. The zero-order valence-electron chi connectivity index (χ0n) is 17.9. The maximum atomic E-state index is 12.2. The van der Waals surface area contributed by atoms with Crippen LogP contribution in [0.2, 0.25) is 0 Å². The van der Waals surface area contributed by atoms with Crippen LogP contribution in [0.1, 0.15) is 10.5 Å². The summed E-state index contributed by atoms with van der Waals surface area (Å²) in [6.45, 7) is 1.22. The lowest BCUT2D eigenvalue weighted by Crippen LogP contribution is -2.39. The van der Waals surface area contributed by atoms with Gasteiger partial charge in [-0.2, -0.15) is 0 Å². The quantitative estimate of drug-likeness (QED) is 0.352. The van der Waals surface area contributed by atoms with Gasteiger partial charge in [-0.15, -0.1) is 0 Å². The van der Waals surface area contributed by atoms with Crippen molar-refractivity contribution in [2.24, 2.45) is 0 Å². The average Bonchev–Trinajstić information content (AvgIpc) is 3.10. The molecule has 166 valence electrons. The zero-order valence-corrected chi connectivity index (χ0v) is 19.4. The van der Waals surface area contributed by atoms with Crippen molar-refractivity contribution in [1.82, 2.24) is 15.6 Å². The number of carbonyl (C=O) groups excluding carboxylic acids is 1. The molecule has 4 rings (SSSR count). The third-order valence-electron chi connectivity index (χ3n) is 5.04. The highest BCUT2D eigenvalue weighted by atomic mass is 79.9. The molecule has 1 unspecified atom stereocenters. The van der Waals surface area contributed by atoms with Crippen molar-refractivity contribution >= 4 is 38.9 Å². The number of ether oxygens (including phenoxy) is 1. The summed E-state index contributed by atoms with van der Waals surface area (Å²) in [6.07, 6.45) is 1.48. The molecule has 1 aliphatic heterocycles. The molecule has 0 radical (unpaired) electrons. The molecular formula is C23H25BrN6O2. The van der Waals surface area contributed by atoms with Crippen molar-refractivity contribution < 1.29 is 9.53 Å². The second-order valence-electron chi connectivity index (χ2n) is 7.33. The van der Waals surface area contributed by atoms with Crippen LogP contribution in [0.15, 0.2) is 65.3 Å². The van der Waals surface area contributed by atoms with Crippen LogP contribution in [-0.4, -0.2) is 44.4 Å². The monoisotopic (exact) mass is 496 g/mol. The molecule has 0 bridgehead atoms. The molecule has 9 heteroatoms. The minimum absolute atomic E-state index is 0.0877. The lowest BCUT2D eigenvalue weighted by atomic mass is 10.2. The third kappa shape index (κ3) is 5.12. The number of aromatic nitrogens is 1. The number of nitrogens with zero attached hydrogens (tertiary/aromatic N) is 2. The fourth-order valence-electron chi connectivity index (χ4n) is 3.35. The average molecular weight is 497 g/mol. The number of fused-ring (bicyclic) bond motifs is 1. The van der Waals surface area contributed by atoms with Crippen molar-refractivity contribution in [2.75, 3.05) is 42.7 Å². The number of hydrogen-bond donors (Lipinski definition) is 4. The number of amides is 1. The third-order valence-corrected chi connectivity index (χ3v) is 5.56. The highest BCUT2D eigenvalue weighted by molar-refractivity contribution is 9.10. The predicted octanol–water partition coefficient (Wildman–Crippen LogP) is 3.84. The van der Waals surface area contributed by atoms with E-state index in [-0.39, 0.29) is 12.2 Å². The molecule has 3 aromatic rings. The van der Waals surface area contributed by atoms with Crippen LogP contribution in [0.4, 0.5) is 17.1 Å². The molecule has 1 atom stereocenters. The number of benzene rings is 2. The van der Waals surface area contributed by atoms with Crippen LogP contribution >= 0.6 is 15.9 Å². The summed E-state index contributed by atoms with van der Waals surface area (Å²) in [5, 5.41) is 12.7. The number of likely N-dealkylation sites (N-methyl/N-ethyl adjacent to an activating group) is 1. The molecule has 0 spiro atoms. The fraction of sp³-hybridized carbons (Fsp3) is 0.217. The van der Waals surface area contributed by atoms with Gasteiger partial charge in [-0.25, -0.2) is 0 Å². The Bertz CT molecular complexity index is 1090. The van der Waals surface area contributed by atoms with E-state index < -0.39 is 0 Å². The first-order valence-corrected chi connectivity index (χ1v) is 11.0. The number of pyridine rings is 1. The van der Waals surface area contributed by atoms with E-state index in [1.807, 2.05) is 56.6 Å². The van der Waals surface area contributed by atoms with Gasteiger partial charge in [-0.05, 0) is 49.5 Å². The number of hydrogen-bond acceptors (Lipinski definition) is 7. The van der Waals surface area contributed by atoms with Crippen LogP contribution in [-0.2, 0) is 0 Å². The largest absolute Gasteiger partial charge is 0.457 e. The SMILES string of the molecule is CNCCNC(=O)c1cc(Oc2ccc3c(c2)NC(Nc2ccc(Br)cc2)N3C)ccn1. The summed E-state index contributed by atoms with van der Waals surface area (Å²) < 4.78 is 7.04. The van der Waals surface area contributed by atoms with E-state index in [0.29, 0.717) is 30.3 Å². The molecule has 0 saturated carbocycles. The Morgan fingerprint density at radius 2 is 1.91 bits per heavy atom.